The molecule has 8 heteroatoms. The number of halogens is 1. The zero-order chi connectivity index (χ0) is 18.6. The van der Waals surface area contributed by atoms with Crippen molar-refractivity contribution in [2.24, 2.45) is 0 Å². The number of rotatable bonds is 7. The minimum Gasteiger partial charge on any atom is -0.421 e. The number of nitrogens with one attached hydrogen (secondary N) is 1. The summed E-state index contributed by atoms with van der Waals surface area (Å²) in [5.74, 6) is 0.134. The first-order valence-corrected chi connectivity index (χ1v) is 9.68. The second kappa shape index (κ2) is 7.76. The van der Waals surface area contributed by atoms with E-state index in [4.69, 9.17) is 4.42 Å². The maximum Gasteiger partial charge on any atom is 0.247 e. The molecule has 0 aliphatic carbocycles. The van der Waals surface area contributed by atoms with E-state index in [2.05, 4.69) is 14.9 Å². The third kappa shape index (κ3) is 4.96. The largest absolute Gasteiger partial charge is 0.421 e. The van der Waals surface area contributed by atoms with Crippen LogP contribution < -0.4 is 4.72 Å². The molecule has 6 nitrogen and oxygen atoms in total. The second-order valence-electron chi connectivity index (χ2n) is 5.90. The molecule has 0 aliphatic rings. The lowest BCUT2D eigenvalue weighted by molar-refractivity contribution is 0.502. The van der Waals surface area contributed by atoms with Gasteiger partial charge in [0.15, 0.2) is 0 Å². The SMILES string of the molecule is Cc1cccc(-c2nnc(CCNS(=O)(=O)Cc3ccc(F)cc3)o2)c1. The van der Waals surface area contributed by atoms with Crippen LogP contribution in [-0.2, 0) is 22.2 Å². The fraction of sp³-hybridized carbons (Fsp3) is 0.222. The van der Waals surface area contributed by atoms with E-state index in [-0.39, 0.29) is 18.7 Å². The van der Waals surface area contributed by atoms with Crippen molar-refractivity contribution in [2.45, 2.75) is 19.1 Å². The smallest absolute Gasteiger partial charge is 0.247 e. The summed E-state index contributed by atoms with van der Waals surface area (Å²) in [7, 11) is -3.53. The van der Waals surface area contributed by atoms with Crippen molar-refractivity contribution in [3.63, 3.8) is 0 Å². The van der Waals surface area contributed by atoms with Gasteiger partial charge in [0.1, 0.15) is 5.82 Å². The van der Waals surface area contributed by atoms with Gasteiger partial charge in [0.05, 0.1) is 5.75 Å². The number of nitrogens with zero attached hydrogens (tertiary/aromatic N) is 2. The van der Waals surface area contributed by atoms with E-state index >= 15 is 0 Å². The van der Waals surface area contributed by atoms with Gasteiger partial charge in [-0.1, -0.05) is 29.8 Å². The number of hydrogen-bond donors (Lipinski definition) is 1. The van der Waals surface area contributed by atoms with Crippen molar-refractivity contribution >= 4 is 10.0 Å². The number of aromatic nitrogens is 2. The molecule has 0 fully saturated rings. The molecule has 0 spiro atoms. The van der Waals surface area contributed by atoms with Gasteiger partial charge in [0.25, 0.3) is 0 Å². The minimum atomic E-state index is -3.53. The summed E-state index contributed by atoms with van der Waals surface area (Å²) < 4.78 is 45.1. The van der Waals surface area contributed by atoms with Crippen molar-refractivity contribution < 1.29 is 17.2 Å². The molecule has 1 heterocycles. The summed E-state index contributed by atoms with van der Waals surface area (Å²) in [5, 5.41) is 7.93. The quantitative estimate of drug-likeness (QED) is 0.686. The van der Waals surface area contributed by atoms with Gasteiger partial charge < -0.3 is 4.42 Å². The first-order valence-electron chi connectivity index (χ1n) is 8.02. The molecule has 3 aromatic rings. The predicted octanol–water partition coefficient (Wildman–Crippen LogP) is 2.85. The average molecular weight is 375 g/mol. The Morgan fingerprint density at radius 1 is 1.12 bits per heavy atom. The summed E-state index contributed by atoms with van der Waals surface area (Å²) in [6, 6.07) is 13.0. The van der Waals surface area contributed by atoms with Gasteiger partial charge in [-0.2, -0.15) is 0 Å². The molecule has 0 amide bonds. The molecule has 26 heavy (non-hydrogen) atoms. The van der Waals surface area contributed by atoms with Crippen molar-refractivity contribution in [2.75, 3.05) is 6.54 Å². The molecule has 2 aromatic carbocycles. The Morgan fingerprint density at radius 3 is 2.62 bits per heavy atom. The Hall–Kier alpha value is -2.58. The van der Waals surface area contributed by atoms with Crippen LogP contribution in [-0.4, -0.2) is 25.2 Å². The molecule has 0 saturated carbocycles. The van der Waals surface area contributed by atoms with E-state index < -0.39 is 15.8 Å². The second-order valence-corrected chi connectivity index (χ2v) is 7.71. The van der Waals surface area contributed by atoms with Crippen molar-refractivity contribution in [3.8, 4) is 11.5 Å². The van der Waals surface area contributed by atoms with Gasteiger partial charge in [-0.25, -0.2) is 17.5 Å². The molecule has 0 unspecified atom stereocenters. The molecule has 1 aromatic heterocycles. The standard InChI is InChI=1S/C18H18FN3O3S/c1-13-3-2-4-15(11-13)18-22-21-17(25-18)9-10-20-26(23,24)12-14-5-7-16(19)8-6-14/h2-8,11,20H,9-10,12H2,1H3. The molecule has 1 N–H and O–H groups in total. The van der Waals surface area contributed by atoms with Crippen LogP contribution >= 0.6 is 0 Å². The summed E-state index contributed by atoms with van der Waals surface area (Å²) >= 11 is 0. The molecular formula is C18H18FN3O3S. The van der Waals surface area contributed by atoms with Crippen molar-refractivity contribution in [3.05, 3.63) is 71.4 Å². The van der Waals surface area contributed by atoms with Gasteiger partial charge in [-0.3, -0.25) is 0 Å². The average Bonchev–Trinajstić information content (AvgIpc) is 3.05. The first kappa shape index (κ1) is 18.2. The van der Waals surface area contributed by atoms with Gasteiger partial charge >= 0.3 is 0 Å². The highest BCUT2D eigenvalue weighted by atomic mass is 32.2. The van der Waals surface area contributed by atoms with E-state index in [1.165, 1.54) is 24.3 Å². The van der Waals surface area contributed by atoms with Crippen molar-refractivity contribution in [1.29, 1.82) is 0 Å². The highest BCUT2D eigenvalue weighted by Crippen LogP contribution is 2.18. The van der Waals surface area contributed by atoms with Gasteiger partial charge in [0, 0.05) is 18.5 Å². The first-order chi connectivity index (χ1) is 12.4. The third-order valence-corrected chi connectivity index (χ3v) is 5.02. The van der Waals surface area contributed by atoms with E-state index in [0.717, 1.165) is 11.1 Å². The Morgan fingerprint density at radius 2 is 1.88 bits per heavy atom. The fourth-order valence-corrected chi connectivity index (χ4v) is 3.56. The maximum atomic E-state index is 12.9. The summed E-state index contributed by atoms with van der Waals surface area (Å²) in [5.41, 5.74) is 2.41. The summed E-state index contributed by atoms with van der Waals surface area (Å²) in [6.45, 7) is 2.11. The Bertz CT molecular complexity index is 985. The predicted molar refractivity (Wildman–Crippen MR) is 95.2 cm³/mol. The van der Waals surface area contributed by atoms with Crippen LogP contribution in [0.5, 0.6) is 0 Å². The van der Waals surface area contributed by atoms with Crippen molar-refractivity contribution in [1.82, 2.24) is 14.9 Å². The molecule has 3 rings (SSSR count). The summed E-state index contributed by atoms with van der Waals surface area (Å²) in [6.07, 6.45) is 0.279. The number of sulfonamides is 1. The van der Waals surface area contributed by atoms with Crippen LogP contribution in [0, 0.1) is 12.7 Å². The molecule has 0 saturated heterocycles. The van der Waals surface area contributed by atoms with Gasteiger partial charge in [-0.15, -0.1) is 10.2 Å². The lowest BCUT2D eigenvalue weighted by Crippen LogP contribution is -2.27. The Balaban J connectivity index is 1.55. The van der Waals surface area contributed by atoms with Gasteiger partial charge in [-0.05, 0) is 36.8 Å². The summed E-state index contributed by atoms with van der Waals surface area (Å²) in [4.78, 5) is 0. The maximum absolute atomic E-state index is 12.9. The lowest BCUT2D eigenvalue weighted by atomic mass is 10.1. The molecule has 0 aliphatic heterocycles. The Kier molecular flexibility index (Phi) is 5.43. The number of benzene rings is 2. The number of aryl methyl sites for hydroxylation is 1. The van der Waals surface area contributed by atoms with E-state index in [1.54, 1.807) is 0 Å². The zero-order valence-corrected chi connectivity index (χ0v) is 15.0. The molecule has 0 atom stereocenters. The lowest BCUT2D eigenvalue weighted by Gasteiger charge is -2.05. The fourth-order valence-electron chi connectivity index (χ4n) is 2.41. The molecule has 0 radical (unpaired) electrons. The third-order valence-electron chi connectivity index (χ3n) is 3.66. The van der Waals surface area contributed by atoms with E-state index in [9.17, 15) is 12.8 Å². The highest BCUT2D eigenvalue weighted by Gasteiger charge is 2.13. The molecule has 0 bridgehead atoms. The van der Waals surface area contributed by atoms with Crippen LogP contribution in [0.15, 0.2) is 52.9 Å². The topological polar surface area (TPSA) is 85.1 Å². The Labute approximate surface area is 151 Å². The van der Waals surface area contributed by atoms with Crippen LogP contribution in [0.25, 0.3) is 11.5 Å². The van der Waals surface area contributed by atoms with Crippen LogP contribution in [0.2, 0.25) is 0 Å². The van der Waals surface area contributed by atoms with Gasteiger partial charge in [0.2, 0.25) is 21.8 Å². The highest BCUT2D eigenvalue weighted by molar-refractivity contribution is 7.88. The van der Waals surface area contributed by atoms with Crippen LogP contribution in [0.1, 0.15) is 17.0 Å². The minimum absolute atomic E-state index is 0.138. The molecule has 136 valence electrons. The van der Waals surface area contributed by atoms with Crippen LogP contribution in [0.3, 0.4) is 0 Å². The molecular weight excluding hydrogens is 357 g/mol. The van der Waals surface area contributed by atoms with E-state index in [0.29, 0.717) is 17.3 Å². The van der Waals surface area contributed by atoms with E-state index in [1.807, 2.05) is 31.2 Å². The zero-order valence-electron chi connectivity index (χ0n) is 14.1. The number of hydrogen-bond acceptors (Lipinski definition) is 5. The monoisotopic (exact) mass is 375 g/mol. The normalized spacial score (nSPS) is 11.6. The van der Waals surface area contributed by atoms with Crippen LogP contribution in [0.4, 0.5) is 4.39 Å².